The van der Waals surface area contributed by atoms with Crippen LogP contribution in [0, 0.1) is 6.92 Å². The molecule has 19 heavy (non-hydrogen) atoms. The van der Waals surface area contributed by atoms with Crippen LogP contribution >= 0.6 is 22.9 Å². The van der Waals surface area contributed by atoms with Gasteiger partial charge in [-0.15, -0.1) is 11.3 Å². The number of hydrogen-bond donors (Lipinski definition) is 1. The molecule has 0 amide bonds. The van der Waals surface area contributed by atoms with Crippen molar-refractivity contribution in [2.24, 2.45) is 7.05 Å². The van der Waals surface area contributed by atoms with E-state index in [1.54, 1.807) is 14.0 Å². The van der Waals surface area contributed by atoms with Crippen LogP contribution in [0.25, 0.3) is 0 Å². The fourth-order valence-electron chi connectivity index (χ4n) is 1.48. The van der Waals surface area contributed by atoms with Crippen molar-refractivity contribution in [3.8, 4) is 0 Å². The van der Waals surface area contributed by atoms with E-state index in [0.29, 0.717) is 5.01 Å². The van der Waals surface area contributed by atoms with Crippen LogP contribution in [0.4, 0.5) is 0 Å². The molecule has 1 atom stereocenters. The molecule has 1 unspecified atom stereocenters. The lowest BCUT2D eigenvalue weighted by Crippen LogP contribution is -2.27. The fraction of sp³-hybridized carbons (Fsp3) is 0.400. The first kappa shape index (κ1) is 14.4. The normalized spacial score (nSPS) is 13.7. The maximum Gasteiger partial charge on any atom is 0.261 e. The second-order valence-electron chi connectivity index (χ2n) is 4.12. The molecule has 2 rings (SSSR count). The largest absolute Gasteiger partial charge is 0.324 e. The van der Waals surface area contributed by atoms with Crippen molar-refractivity contribution in [2.45, 2.75) is 24.9 Å². The number of halogens is 1. The lowest BCUT2D eigenvalue weighted by Gasteiger charge is -2.10. The number of nitrogens with zero attached hydrogens (tertiary/aromatic N) is 3. The molecule has 9 heteroatoms. The van der Waals surface area contributed by atoms with E-state index < -0.39 is 16.1 Å². The zero-order chi connectivity index (χ0) is 14.2. The van der Waals surface area contributed by atoms with Gasteiger partial charge in [0.05, 0.1) is 12.4 Å². The van der Waals surface area contributed by atoms with Crippen LogP contribution < -0.4 is 4.72 Å². The minimum absolute atomic E-state index is 0.0787. The van der Waals surface area contributed by atoms with Gasteiger partial charge in [0.15, 0.2) is 0 Å². The Kier molecular flexibility index (Phi) is 3.95. The Labute approximate surface area is 120 Å². The van der Waals surface area contributed by atoms with Gasteiger partial charge < -0.3 is 4.57 Å². The van der Waals surface area contributed by atoms with Crippen molar-refractivity contribution in [3.63, 3.8) is 0 Å². The summed E-state index contributed by atoms with van der Waals surface area (Å²) >= 11 is 7.30. The summed E-state index contributed by atoms with van der Waals surface area (Å²) in [6, 6.07) is -0.429. The van der Waals surface area contributed by atoms with E-state index in [4.69, 9.17) is 11.6 Å². The molecule has 0 aliphatic rings. The molecule has 2 aromatic rings. The molecule has 0 fully saturated rings. The van der Waals surface area contributed by atoms with E-state index in [9.17, 15) is 8.42 Å². The van der Waals surface area contributed by atoms with Crippen molar-refractivity contribution >= 4 is 33.0 Å². The van der Waals surface area contributed by atoms with E-state index >= 15 is 0 Å². The Morgan fingerprint density at radius 2 is 2.21 bits per heavy atom. The van der Waals surface area contributed by atoms with Crippen LogP contribution in [-0.2, 0) is 17.1 Å². The maximum atomic E-state index is 12.2. The Hall–Kier alpha value is -0.960. The molecule has 0 aliphatic carbocycles. The number of sulfonamides is 1. The summed E-state index contributed by atoms with van der Waals surface area (Å²) in [4.78, 5) is 8.05. The number of imidazole rings is 1. The maximum absolute atomic E-state index is 12.2. The van der Waals surface area contributed by atoms with Gasteiger partial charge in [-0.3, -0.25) is 0 Å². The molecular weight excluding hydrogens is 308 g/mol. The summed E-state index contributed by atoms with van der Waals surface area (Å²) in [5, 5.41) is 2.48. The van der Waals surface area contributed by atoms with Gasteiger partial charge in [-0.1, -0.05) is 11.6 Å². The minimum atomic E-state index is -3.76. The van der Waals surface area contributed by atoms with Gasteiger partial charge in [0, 0.05) is 18.1 Å². The first-order chi connectivity index (χ1) is 8.81. The van der Waals surface area contributed by atoms with E-state index in [0.717, 1.165) is 5.69 Å². The highest BCUT2D eigenvalue weighted by Crippen LogP contribution is 2.23. The van der Waals surface area contributed by atoms with E-state index in [-0.39, 0.29) is 10.2 Å². The molecule has 0 bridgehead atoms. The van der Waals surface area contributed by atoms with Crippen LogP contribution in [0.2, 0.25) is 5.15 Å². The van der Waals surface area contributed by atoms with Crippen LogP contribution in [0.5, 0.6) is 0 Å². The number of nitrogens with one attached hydrogen (secondary N) is 1. The third-order valence-electron chi connectivity index (χ3n) is 2.43. The van der Waals surface area contributed by atoms with E-state index in [2.05, 4.69) is 14.7 Å². The number of rotatable bonds is 4. The molecule has 0 aromatic carbocycles. The Balaban J connectivity index is 2.25. The average molecular weight is 321 g/mol. The van der Waals surface area contributed by atoms with Crippen LogP contribution in [0.1, 0.15) is 23.7 Å². The molecule has 0 aliphatic heterocycles. The minimum Gasteiger partial charge on any atom is -0.324 e. The van der Waals surface area contributed by atoms with Gasteiger partial charge in [0.2, 0.25) is 5.03 Å². The van der Waals surface area contributed by atoms with E-state index in [1.165, 1.54) is 22.2 Å². The summed E-state index contributed by atoms with van der Waals surface area (Å²) in [7, 11) is -2.13. The monoisotopic (exact) mass is 320 g/mol. The highest BCUT2D eigenvalue weighted by atomic mass is 35.5. The molecule has 0 saturated carbocycles. The molecule has 0 spiro atoms. The molecule has 1 N–H and O–H groups in total. The van der Waals surface area contributed by atoms with Gasteiger partial charge in [-0.05, 0) is 13.8 Å². The molecule has 0 radical (unpaired) electrons. The molecule has 6 nitrogen and oxygen atoms in total. The standard InChI is InChI=1S/C10H13ClN4O2S2/c1-6-4-18-9(13-6)7(2)14-19(16,17)10-8(11)15(3)5-12-10/h4-5,7,14H,1-3H3. The second-order valence-corrected chi connectivity index (χ2v) is 7.00. The fourth-order valence-corrected chi connectivity index (χ4v) is 4.00. The predicted octanol–water partition coefficient (Wildman–Crippen LogP) is 1.88. The number of thiazole rings is 1. The number of aryl methyl sites for hydroxylation is 2. The Morgan fingerprint density at radius 1 is 1.53 bits per heavy atom. The predicted molar refractivity (Wildman–Crippen MR) is 73.8 cm³/mol. The molecule has 2 heterocycles. The third kappa shape index (κ3) is 2.97. The summed E-state index contributed by atoms with van der Waals surface area (Å²) in [5.41, 5.74) is 0.863. The van der Waals surface area contributed by atoms with Crippen LogP contribution in [0.15, 0.2) is 16.7 Å². The molecule has 2 aromatic heterocycles. The van der Waals surface area contributed by atoms with Crippen molar-refractivity contribution in [3.05, 3.63) is 27.6 Å². The zero-order valence-electron chi connectivity index (χ0n) is 10.6. The summed E-state index contributed by atoms with van der Waals surface area (Å²) in [6.45, 7) is 3.59. The van der Waals surface area contributed by atoms with Crippen LogP contribution in [-0.4, -0.2) is 23.0 Å². The molecular formula is C10H13ClN4O2S2. The van der Waals surface area contributed by atoms with Gasteiger partial charge in [0.25, 0.3) is 10.0 Å². The van der Waals surface area contributed by atoms with Crippen molar-refractivity contribution in [1.29, 1.82) is 0 Å². The summed E-state index contributed by atoms with van der Waals surface area (Å²) in [5.74, 6) is 0. The lowest BCUT2D eigenvalue weighted by molar-refractivity contribution is 0.563. The van der Waals surface area contributed by atoms with E-state index in [1.807, 2.05) is 12.3 Å². The molecule has 0 saturated heterocycles. The zero-order valence-corrected chi connectivity index (χ0v) is 13.0. The SMILES string of the molecule is Cc1csc(C(C)NS(=O)(=O)c2ncn(C)c2Cl)n1. The lowest BCUT2D eigenvalue weighted by atomic mass is 10.4. The Morgan fingerprint density at radius 3 is 2.68 bits per heavy atom. The summed E-state index contributed by atoms with van der Waals surface area (Å²) < 4.78 is 28.3. The van der Waals surface area contributed by atoms with Crippen molar-refractivity contribution < 1.29 is 8.42 Å². The topological polar surface area (TPSA) is 76.9 Å². The smallest absolute Gasteiger partial charge is 0.261 e. The highest BCUT2D eigenvalue weighted by Gasteiger charge is 2.25. The van der Waals surface area contributed by atoms with Gasteiger partial charge >= 0.3 is 0 Å². The highest BCUT2D eigenvalue weighted by molar-refractivity contribution is 7.89. The van der Waals surface area contributed by atoms with Crippen molar-refractivity contribution in [1.82, 2.24) is 19.3 Å². The second kappa shape index (κ2) is 5.20. The van der Waals surface area contributed by atoms with Gasteiger partial charge in [-0.25, -0.2) is 23.1 Å². The number of aromatic nitrogens is 3. The van der Waals surface area contributed by atoms with Gasteiger partial charge in [0.1, 0.15) is 10.2 Å². The van der Waals surface area contributed by atoms with Crippen molar-refractivity contribution in [2.75, 3.05) is 0 Å². The van der Waals surface area contributed by atoms with Gasteiger partial charge in [-0.2, -0.15) is 0 Å². The number of hydrogen-bond acceptors (Lipinski definition) is 5. The summed E-state index contributed by atoms with van der Waals surface area (Å²) in [6.07, 6.45) is 1.36. The average Bonchev–Trinajstić information content (AvgIpc) is 2.87. The first-order valence-electron chi connectivity index (χ1n) is 5.42. The third-order valence-corrected chi connectivity index (χ3v) is 5.60. The van der Waals surface area contributed by atoms with Crippen LogP contribution in [0.3, 0.4) is 0 Å². The quantitative estimate of drug-likeness (QED) is 0.933. The molecule has 104 valence electrons. The Bertz CT molecular complexity index is 692. The first-order valence-corrected chi connectivity index (χ1v) is 8.16.